The van der Waals surface area contributed by atoms with E-state index < -0.39 is 29.4 Å². The normalized spacial score (nSPS) is 15.7. The van der Waals surface area contributed by atoms with Crippen molar-refractivity contribution in [3.8, 4) is 11.5 Å². The lowest BCUT2D eigenvalue weighted by molar-refractivity contribution is -0.129. The molecule has 6 nitrogen and oxygen atoms in total. The second-order valence-corrected chi connectivity index (χ2v) is 8.93. The molecule has 1 atom stereocenters. The third kappa shape index (κ3) is 4.20. The summed E-state index contributed by atoms with van der Waals surface area (Å²) in [5.74, 6) is -2.72. The lowest BCUT2D eigenvalue weighted by Crippen LogP contribution is -2.33. The fourth-order valence-corrected chi connectivity index (χ4v) is 4.75. The fraction of sp³-hybridized carbons (Fsp3) is 0.125. The number of rotatable bonds is 5. The van der Waals surface area contributed by atoms with Crippen LogP contribution in [-0.4, -0.2) is 23.3 Å². The van der Waals surface area contributed by atoms with Gasteiger partial charge in [-0.25, -0.2) is 8.78 Å². The maximum Gasteiger partial charge on any atom is 0.239 e. The van der Waals surface area contributed by atoms with Crippen molar-refractivity contribution in [3.63, 3.8) is 0 Å². The van der Waals surface area contributed by atoms with E-state index in [1.165, 1.54) is 46.6 Å². The molecule has 0 radical (unpaired) electrons. The predicted molar refractivity (Wildman–Crippen MR) is 127 cm³/mol. The molecule has 0 spiro atoms. The van der Waals surface area contributed by atoms with Crippen molar-refractivity contribution in [3.05, 3.63) is 76.8 Å². The standard InChI is InChI=1S/C24H16ClF2N3O3S/c25-16-12-14(2-3-17(16)26)30-9-6-15(24(30)32)23(31)29-13-1-4-20(18(27)11-13)33-21-5-8-28-19-7-10-34-22(19)21/h1-5,7-8,10-12,15H,6,9H2,(H,29,31). The molecule has 2 aromatic heterocycles. The molecule has 1 aliphatic rings. The fourth-order valence-electron chi connectivity index (χ4n) is 3.77. The first-order chi connectivity index (χ1) is 16.4. The number of nitrogens with one attached hydrogen (secondary N) is 1. The van der Waals surface area contributed by atoms with E-state index >= 15 is 0 Å². The number of carbonyl (C=O) groups excluding carboxylic acids is 2. The maximum atomic E-state index is 14.7. The van der Waals surface area contributed by atoms with Gasteiger partial charge in [-0.2, -0.15) is 0 Å². The van der Waals surface area contributed by atoms with Crippen molar-refractivity contribution in [2.75, 3.05) is 16.8 Å². The summed E-state index contributed by atoms with van der Waals surface area (Å²) in [5.41, 5.74) is 1.36. The van der Waals surface area contributed by atoms with E-state index in [0.29, 0.717) is 11.4 Å². The summed E-state index contributed by atoms with van der Waals surface area (Å²) in [6.07, 6.45) is 1.85. The van der Waals surface area contributed by atoms with Crippen molar-refractivity contribution in [2.45, 2.75) is 6.42 Å². The Balaban J connectivity index is 1.28. The SMILES string of the molecule is O=C(Nc1ccc(Oc2ccnc3ccsc23)c(F)c1)C1CCN(c2ccc(F)c(Cl)c2)C1=O. The third-order valence-electron chi connectivity index (χ3n) is 5.46. The summed E-state index contributed by atoms with van der Waals surface area (Å²) < 4.78 is 34.7. The van der Waals surface area contributed by atoms with E-state index in [1.807, 2.05) is 11.4 Å². The highest BCUT2D eigenvalue weighted by atomic mass is 35.5. The molecular formula is C24H16ClF2N3O3S. The average Bonchev–Trinajstić information content (AvgIpc) is 3.45. The topological polar surface area (TPSA) is 71.5 Å². The molecule has 4 aromatic rings. The molecule has 3 heterocycles. The number of benzene rings is 2. The highest BCUT2D eigenvalue weighted by molar-refractivity contribution is 7.17. The van der Waals surface area contributed by atoms with Crippen LogP contribution in [0, 0.1) is 17.6 Å². The minimum Gasteiger partial charge on any atom is -0.453 e. The van der Waals surface area contributed by atoms with Gasteiger partial charge >= 0.3 is 0 Å². The number of thiophene rings is 1. The molecule has 1 saturated heterocycles. The number of pyridine rings is 1. The largest absolute Gasteiger partial charge is 0.453 e. The van der Waals surface area contributed by atoms with Gasteiger partial charge in [-0.3, -0.25) is 14.6 Å². The van der Waals surface area contributed by atoms with Gasteiger partial charge in [-0.15, -0.1) is 11.3 Å². The zero-order valence-electron chi connectivity index (χ0n) is 17.4. The Hall–Kier alpha value is -3.56. The highest BCUT2D eigenvalue weighted by Gasteiger charge is 2.37. The number of hydrogen-bond donors (Lipinski definition) is 1. The van der Waals surface area contributed by atoms with Crippen molar-refractivity contribution in [2.24, 2.45) is 5.92 Å². The molecule has 1 fully saturated rings. The summed E-state index contributed by atoms with van der Waals surface area (Å²) >= 11 is 7.24. The van der Waals surface area contributed by atoms with Gasteiger partial charge in [0.25, 0.3) is 0 Å². The van der Waals surface area contributed by atoms with E-state index in [1.54, 1.807) is 12.3 Å². The van der Waals surface area contributed by atoms with Crippen LogP contribution in [0.2, 0.25) is 5.02 Å². The van der Waals surface area contributed by atoms with Crippen LogP contribution in [0.1, 0.15) is 6.42 Å². The molecule has 1 aliphatic heterocycles. The van der Waals surface area contributed by atoms with Crippen LogP contribution in [0.4, 0.5) is 20.2 Å². The van der Waals surface area contributed by atoms with Gasteiger partial charge in [-0.1, -0.05) is 11.6 Å². The molecule has 0 bridgehead atoms. The van der Waals surface area contributed by atoms with Gasteiger partial charge in [0.05, 0.1) is 15.2 Å². The summed E-state index contributed by atoms with van der Waals surface area (Å²) in [6, 6.07) is 11.5. The van der Waals surface area contributed by atoms with Crippen LogP contribution in [0.25, 0.3) is 10.2 Å². The monoisotopic (exact) mass is 499 g/mol. The minimum absolute atomic E-state index is 0.00444. The Morgan fingerprint density at radius 2 is 1.97 bits per heavy atom. The van der Waals surface area contributed by atoms with Crippen molar-refractivity contribution in [1.82, 2.24) is 4.98 Å². The van der Waals surface area contributed by atoms with Crippen molar-refractivity contribution >= 4 is 56.3 Å². The predicted octanol–water partition coefficient (Wildman–Crippen LogP) is 6.01. The van der Waals surface area contributed by atoms with Crippen molar-refractivity contribution < 1.29 is 23.1 Å². The Bertz CT molecular complexity index is 1430. The lowest BCUT2D eigenvalue weighted by Gasteiger charge is -2.17. The van der Waals surface area contributed by atoms with E-state index in [9.17, 15) is 18.4 Å². The van der Waals surface area contributed by atoms with Crippen molar-refractivity contribution in [1.29, 1.82) is 0 Å². The van der Waals surface area contributed by atoms with E-state index in [4.69, 9.17) is 16.3 Å². The second kappa shape index (κ2) is 9.00. The smallest absolute Gasteiger partial charge is 0.239 e. The number of aromatic nitrogens is 1. The number of amides is 2. The second-order valence-electron chi connectivity index (χ2n) is 7.61. The van der Waals surface area contributed by atoms with E-state index in [0.717, 1.165) is 16.3 Å². The molecular weight excluding hydrogens is 484 g/mol. The Morgan fingerprint density at radius 1 is 1.12 bits per heavy atom. The summed E-state index contributed by atoms with van der Waals surface area (Å²) in [5, 5.41) is 4.35. The van der Waals surface area contributed by atoms with Crippen LogP contribution >= 0.6 is 22.9 Å². The van der Waals surface area contributed by atoms with Gasteiger partial charge in [-0.05, 0) is 48.2 Å². The number of ether oxygens (including phenoxy) is 1. The zero-order chi connectivity index (χ0) is 23.8. The number of nitrogens with zero attached hydrogens (tertiary/aromatic N) is 2. The van der Waals surface area contributed by atoms with Gasteiger partial charge in [0.2, 0.25) is 11.8 Å². The van der Waals surface area contributed by atoms with Gasteiger partial charge in [0, 0.05) is 36.2 Å². The van der Waals surface area contributed by atoms with Gasteiger partial charge < -0.3 is 15.0 Å². The molecule has 10 heteroatoms. The quantitative estimate of drug-likeness (QED) is 0.341. The zero-order valence-corrected chi connectivity index (χ0v) is 19.0. The summed E-state index contributed by atoms with van der Waals surface area (Å²) in [4.78, 5) is 31.1. The number of fused-ring (bicyclic) bond motifs is 1. The lowest BCUT2D eigenvalue weighted by atomic mass is 10.1. The maximum absolute atomic E-state index is 14.7. The molecule has 0 saturated carbocycles. The van der Waals surface area contributed by atoms with Crippen LogP contribution in [0.3, 0.4) is 0 Å². The highest BCUT2D eigenvalue weighted by Crippen LogP contribution is 2.34. The van der Waals surface area contributed by atoms with Crippen LogP contribution in [-0.2, 0) is 9.59 Å². The van der Waals surface area contributed by atoms with Crippen LogP contribution in [0.15, 0.2) is 60.1 Å². The summed E-state index contributed by atoms with van der Waals surface area (Å²) in [7, 11) is 0. The first kappa shape index (κ1) is 22.2. The third-order valence-corrected chi connectivity index (χ3v) is 6.67. The van der Waals surface area contributed by atoms with E-state index in [-0.39, 0.29) is 29.4 Å². The molecule has 172 valence electrons. The Labute approximate surface area is 201 Å². The first-order valence-corrected chi connectivity index (χ1v) is 11.5. The molecule has 5 rings (SSSR count). The molecule has 2 amide bonds. The average molecular weight is 500 g/mol. The number of halogens is 3. The summed E-state index contributed by atoms with van der Waals surface area (Å²) in [6.45, 7) is 0.281. The minimum atomic E-state index is -0.952. The molecule has 1 N–H and O–H groups in total. The number of hydrogen-bond acceptors (Lipinski definition) is 5. The van der Waals surface area contributed by atoms with Gasteiger partial charge in [0.15, 0.2) is 11.6 Å². The molecule has 34 heavy (non-hydrogen) atoms. The van der Waals surface area contributed by atoms with Gasteiger partial charge in [0.1, 0.15) is 17.5 Å². The van der Waals surface area contributed by atoms with E-state index in [2.05, 4.69) is 10.3 Å². The van der Waals surface area contributed by atoms with Crippen LogP contribution < -0.4 is 15.0 Å². The number of carbonyl (C=O) groups is 2. The first-order valence-electron chi connectivity index (χ1n) is 10.3. The molecule has 0 aliphatic carbocycles. The Kier molecular flexibility index (Phi) is 5.89. The Morgan fingerprint density at radius 3 is 2.76 bits per heavy atom. The van der Waals surface area contributed by atoms with Crippen LogP contribution in [0.5, 0.6) is 11.5 Å². The number of anilines is 2. The molecule has 1 unspecified atom stereocenters. The molecule has 2 aromatic carbocycles.